The van der Waals surface area contributed by atoms with Crippen molar-refractivity contribution in [3.05, 3.63) is 30.1 Å². The number of guanidine groups is 1. The van der Waals surface area contributed by atoms with Crippen LogP contribution in [-0.4, -0.2) is 75.2 Å². The Morgan fingerprint density at radius 1 is 1.19 bits per heavy atom. The van der Waals surface area contributed by atoms with Crippen LogP contribution in [0.5, 0.6) is 0 Å². The number of thioether (sulfide) groups is 1. The summed E-state index contributed by atoms with van der Waals surface area (Å²) >= 11 is 1.83. The van der Waals surface area contributed by atoms with E-state index in [-0.39, 0.29) is 29.8 Å². The second-order valence-electron chi connectivity index (χ2n) is 6.31. The molecule has 27 heavy (non-hydrogen) atoms. The Hall–Kier alpha value is -0.740. The molecule has 0 bridgehead atoms. The van der Waals surface area contributed by atoms with Crippen molar-refractivity contribution < 1.29 is 4.39 Å². The lowest BCUT2D eigenvalue weighted by molar-refractivity contribution is 0.256. The third kappa shape index (κ3) is 8.87. The fraction of sp³-hybridized carbons (Fsp3) is 0.632. The highest BCUT2D eigenvalue weighted by Crippen LogP contribution is 2.20. The van der Waals surface area contributed by atoms with Crippen LogP contribution in [-0.2, 0) is 0 Å². The number of para-hydroxylation sites is 1. The number of aliphatic imine (C=N–C) groups is 1. The molecule has 1 aliphatic heterocycles. The molecule has 0 saturated carbocycles. The van der Waals surface area contributed by atoms with Crippen LogP contribution in [0.1, 0.15) is 13.3 Å². The summed E-state index contributed by atoms with van der Waals surface area (Å²) in [6, 6.07) is 7.05. The average molecular weight is 509 g/mol. The summed E-state index contributed by atoms with van der Waals surface area (Å²) in [4.78, 5) is 9.23. The van der Waals surface area contributed by atoms with Gasteiger partial charge in [0.15, 0.2) is 5.96 Å². The topological polar surface area (TPSA) is 42.9 Å². The number of anilines is 1. The van der Waals surface area contributed by atoms with E-state index in [2.05, 4.69) is 38.6 Å². The van der Waals surface area contributed by atoms with Crippen LogP contribution >= 0.6 is 35.7 Å². The fourth-order valence-corrected chi connectivity index (χ4v) is 3.33. The van der Waals surface area contributed by atoms with E-state index < -0.39 is 0 Å². The standard InChI is InChI=1S/C19H32FN5S.HI/c1-3-21-19(23-10-16-26-2)22-9-6-11-24-12-14-25(15-13-24)18-8-5-4-7-17(18)20;/h4-5,7-8H,3,6,9-16H2,1-2H3,(H2,21,22,23);1H. The maximum Gasteiger partial charge on any atom is 0.191 e. The first-order valence-electron chi connectivity index (χ1n) is 9.47. The van der Waals surface area contributed by atoms with Crippen molar-refractivity contribution in [2.24, 2.45) is 4.99 Å². The van der Waals surface area contributed by atoms with Crippen molar-refractivity contribution in [3.63, 3.8) is 0 Å². The van der Waals surface area contributed by atoms with Gasteiger partial charge in [-0.25, -0.2) is 4.39 Å². The van der Waals surface area contributed by atoms with Crippen LogP contribution in [0.2, 0.25) is 0 Å². The van der Waals surface area contributed by atoms with Crippen LogP contribution in [0.3, 0.4) is 0 Å². The first-order chi connectivity index (χ1) is 12.7. The normalized spacial score (nSPS) is 15.4. The molecular formula is C19H33FIN5S. The number of halogens is 2. The Labute approximate surface area is 184 Å². The van der Waals surface area contributed by atoms with Crippen molar-refractivity contribution in [3.8, 4) is 0 Å². The zero-order valence-electron chi connectivity index (χ0n) is 16.4. The zero-order chi connectivity index (χ0) is 18.6. The SMILES string of the molecule is CCNC(=NCCCN1CCN(c2ccccc2F)CC1)NCCSC.I. The minimum Gasteiger partial charge on any atom is -0.367 e. The van der Waals surface area contributed by atoms with E-state index in [9.17, 15) is 4.39 Å². The molecule has 5 nitrogen and oxygen atoms in total. The minimum absolute atomic E-state index is 0. The molecule has 154 valence electrons. The third-order valence-electron chi connectivity index (χ3n) is 4.41. The molecule has 0 radical (unpaired) electrons. The van der Waals surface area contributed by atoms with E-state index in [0.717, 1.165) is 76.2 Å². The summed E-state index contributed by atoms with van der Waals surface area (Å²) in [5.41, 5.74) is 0.725. The van der Waals surface area contributed by atoms with Gasteiger partial charge < -0.3 is 15.5 Å². The summed E-state index contributed by atoms with van der Waals surface area (Å²) in [7, 11) is 0. The molecule has 1 aromatic carbocycles. The van der Waals surface area contributed by atoms with Crippen LogP contribution in [0.4, 0.5) is 10.1 Å². The molecule has 1 aliphatic rings. The molecule has 0 aromatic heterocycles. The van der Waals surface area contributed by atoms with Gasteiger partial charge in [0.05, 0.1) is 5.69 Å². The van der Waals surface area contributed by atoms with E-state index in [4.69, 9.17) is 0 Å². The monoisotopic (exact) mass is 509 g/mol. The molecule has 0 aliphatic carbocycles. The predicted molar refractivity (Wildman–Crippen MR) is 127 cm³/mol. The lowest BCUT2D eigenvalue weighted by Crippen LogP contribution is -2.47. The number of hydrogen-bond acceptors (Lipinski definition) is 4. The van der Waals surface area contributed by atoms with Crippen molar-refractivity contribution in [1.29, 1.82) is 0 Å². The van der Waals surface area contributed by atoms with Gasteiger partial charge in [-0.05, 0) is 31.7 Å². The molecule has 2 rings (SSSR count). The second kappa shape index (κ2) is 14.3. The van der Waals surface area contributed by atoms with Gasteiger partial charge in [-0.2, -0.15) is 11.8 Å². The summed E-state index contributed by atoms with van der Waals surface area (Å²) < 4.78 is 13.9. The Morgan fingerprint density at radius 3 is 2.59 bits per heavy atom. The summed E-state index contributed by atoms with van der Waals surface area (Å²) in [5, 5.41) is 6.63. The maximum absolute atomic E-state index is 13.9. The second-order valence-corrected chi connectivity index (χ2v) is 7.30. The molecule has 0 unspecified atom stereocenters. The van der Waals surface area contributed by atoms with E-state index in [1.807, 2.05) is 23.9 Å². The van der Waals surface area contributed by atoms with Crippen molar-refractivity contribution in [2.45, 2.75) is 13.3 Å². The van der Waals surface area contributed by atoms with Gasteiger partial charge in [0.1, 0.15) is 5.82 Å². The van der Waals surface area contributed by atoms with E-state index in [1.165, 1.54) is 6.07 Å². The van der Waals surface area contributed by atoms with Crippen molar-refractivity contribution >= 4 is 47.4 Å². The van der Waals surface area contributed by atoms with E-state index >= 15 is 0 Å². The largest absolute Gasteiger partial charge is 0.367 e. The molecule has 0 spiro atoms. The number of hydrogen-bond donors (Lipinski definition) is 2. The average Bonchev–Trinajstić information content (AvgIpc) is 2.66. The Bertz CT molecular complexity index is 553. The number of nitrogens with zero attached hydrogens (tertiary/aromatic N) is 3. The highest BCUT2D eigenvalue weighted by molar-refractivity contribution is 14.0. The number of piperazine rings is 1. The fourth-order valence-electron chi connectivity index (χ4n) is 3.02. The van der Waals surface area contributed by atoms with Gasteiger partial charge in [-0.3, -0.25) is 9.89 Å². The van der Waals surface area contributed by atoms with E-state index in [1.54, 1.807) is 6.07 Å². The molecule has 2 N–H and O–H groups in total. The van der Waals surface area contributed by atoms with Crippen molar-refractivity contribution in [2.75, 3.05) is 69.3 Å². The Kier molecular flexibility index (Phi) is 12.9. The van der Waals surface area contributed by atoms with Crippen LogP contribution < -0.4 is 15.5 Å². The zero-order valence-corrected chi connectivity index (χ0v) is 19.6. The highest BCUT2D eigenvalue weighted by atomic mass is 127. The van der Waals surface area contributed by atoms with Gasteiger partial charge in [0, 0.05) is 58.1 Å². The first-order valence-corrected chi connectivity index (χ1v) is 10.9. The van der Waals surface area contributed by atoms with Crippen LogP contribution in [0.15, 0.2) is 29.3 Å². The molecular weight excluding hydrogens is 476 g/mol. The smallest absolute Gasteiger partial charge is 0.191 e. The maximum atomic E-state index is 13.9. The molecule has 0 amide bonds. The van der Waals surface area contributed by atoms with Crippen LogP contribution in [0.25, 0.3) is 0 Å². The summed E-state index contributed by atoms with van der Waals surface area (Å²) in [6.07, 6.45) is 3.15. The predicted octanol–water partition coefficient (Wildman–Crippen LogP) is 2.87. The Balaban J connectivity index is 0.00000364. The van der Waals surface area contributed by atoms with Crippen LogP contribution in [0, 0.1) is 5.82 Å². The molecule has 1 saturated heterocycles. The highest BCUT2D eigenvalue weighted by Gasteiger charge is 2.18. The number of rotatable bonds is 9. The quantitative estimate of drug-likeness (QED) is 0.232. The molecule has 0 atom stereocenters. The summed E-state index contributed by atoms with van der Waals surface area (Å²) in [5.74, 6) is 1.86. The van der Waals surface area contributed by atoms with E-state index in [0.29, 0.717) is 0 Å². The third-order valence-corrected chi connectivity index (χ3v) is 5.02. The number of nitrogens with one attached hydrogen (secondary N) is 2. The van der Waals surface area contributed by atoms with Crippen molar-refractivity contribution in [1.82, 2.24) is 15.5 Å². The molecule has 1 fully saturated rings. The molecule has 1 aromatic rings. The van der Waals surface area contributed by atoms with Gasteiger partial charge in [-0.15, -0.1) is 24.0 Å². The molecule has 8 heteroatoms. The minimum atomic E-state index is -0.125. The number of benzene rings is 1. The lowest BCUT2D eigenvalue weighted by Gasteiger charge is -2.36. The molecule has 1 heterocycles. The lowest BCUT2D eigenvalue weighted by atomic mass is 10.2. The summed E-state index contributed by atoms with van der Waals surface area (Å²) in [6.45, 7) is 9.47. The Morgan fingerprint density at radius 2 is 1.93 bits per heavy atom. The van der Waals surface area contributed by atoms with Gasteiger partial charge in [-0.1, -0.05) is 12.1 Å². The van der Waals surface area contributed by atoms with Gasteiger partial charge in [0.2, 0.25) is 0 Å². The first kappa shape index (κ1) is 24.3. The van der Waals surface area contributed by atoms with Gasteiger partial charge >= 0.3 is 0 Å². The van der Waals surface area contributed by atoms with Gasteiger partial charge in [0.25, 0.3) is 0 Å².